The highest BCUT2D eigenvalue weighted by atomic mass is 35.5. The van der Waals surface area contributed by atoms with Gasteiger partial charge in [0.2, 0.25) is 0 Å². The van der Waals surface area contributed by atoms with Crippen molar-refractivity contribution in [2.45, 2.75) is 6.54 Å². The Kier molecular flexibility index (Phi) is 6.20. The quantitative estimate of drug-likeness (QED) is 0.327. The van der Waals surface area contributed by atoms with Gasteiger partial charge in [0.25, 0.3) is 11.1 Å². The number of nitrogens with one attached hydrogen (secondary N) is 2. The van der Waals surface area contributed by atoms with Crippen LogP contribution in [0.1, 0.15) is 26.4 Å². The molecule has 5 rings (SSSR count). The van der Waals surface area contributed by atoms with Crippen LogP contribution in [0.15, 0.2) is 50.6 Å². The number of carbonyl (C=O) groups is 2. The first-order chi connectivity index (χ1) is 15.8. The molecule has 0 spiro atoms. The van der Waals surface area contributed by atoms with Crippen LogP contribution in [0.3, 0.4) is 0 Å². The summed E-state index contributed by atoms with van der Waals surface area (Å²) in [6, 6.07) is 6.94. The number of aromatic amines is 1. The van der Waals surface area contributed by atoms with Gasteiger partial charge in [0.15, 0.2) is 17.1 Å². The van der Waals surface area contributed by atoms with Gasteiger partial charge in [-0.05, 0) is 40.7 Å². The van der Waals surface area contributed by atoms with Crippen LogP contribution in [0.5, 0.6) is 0 Å². The molecule has 13 heteroatoms. The normalized spacial score (nSPS) is 10.7. The number of aromatic nitrogens is 5. The van der Waals surface area contributed by atoms with E-state index in [0.717, 1.165) is 5.56 Å². The van der Waals surface area contributed by atoms with Gasteiger partial charge in [-0.1, -0.05) is 6.07 Å². The number of hydrogen-bond donors (Lipinski definition) is 3. The average molecular weight is 486 g/mol. The Labute approximate surface area is 194 Å². The van der Waals surface area contributed by atoms with Crippen molar-refractivity contribution in [3.63, 3.8) is 0 Å². The Morgan fingerprint density at radius 2 is 2.12 bits per heavy atom. The second-order valence-corrected chi connectivity index (χ2v) is 7.88. The SMILES string of the molecule is Cn1c(=O)oc2ccc(CNC(=O)c3ncnc4c(N)n[nH]c34)cc21.O=C(Cl)c1ccsc1. The van der Waals surface area contributed by atoms with E-state index in [0.29, 0.717) is 27.7 Å². The summed E-state index contributed by atoms with van der Waals surface area (Å²) in [5.74, 6) is -0.619. The van der Waals surface area contributed by atoms with Crippen molar-refractivity contribution < 1.29 is 14.0 Å². The molecule has 0 saturated heterocycles. The van der Waals surface area contributed by atoms with Crippen molar-refractivity contribution >= 4 is 62.0 Å². The molecule has 0 aliphatic rings. The Morgan fingerprint density at radius 1 is 1.30 bits per heavy atom. The fourth-order valence-electron chi connectivity index (χ4n) is 2.95. The molecular formula is C20H16ClN7O4S. The van der Waals surface area contributed by atoms with Gasteiger partial charge in [0, 0.05) is 24.5 Å². The van der Waals surface area contributed by atoms with Crippen LogP contribution < -0.4 is 16.8 Å². The van der Waals surface area contributed by atoms with E-state index in [2.05, 4.69) is 25.5 Å². The van der Waals surface area contributed by atoms with Crippen LogP contribution in [0.2, 0.25) is 0 Å². The monoisotopic (exact) mass is 485 g/mol. The second kappa shape index (κ2) is 9.22. The second-order valence-electron chi connectivity index (χ2n) is 6.75. The standard InChI is InChI=1S/C15H13N7O3.C5H3ClOS/c1-22-8-4-7(2-3-9(8)25-15(22)24)5-17-14(23)12-10-11(18-6-19-12)13(16)21-20-10;6-5(7)4-1-2-8-3-4/h2-4,6H,5H2,1H3,(H,17,23)(H3,16,20,21);1-3H. The zero-order chi connectivity index (χ0) is 23.5. The number of fused-ring (bicyclic) bond motifs is 2. The number of benzene rings is 1. The lowest BCUT2D eigenvalue weighted by molar-refractivity contribution is 0.0947. The molecule has 4 heterocycles. The van der Waals surface area contributed by atoms with Gasteiger partial charge in [0.1, 0.15) is 17.4 Å². The molecule has 0 saturated carbocycles. The maximum Gasteiger partial charge on any atom is 0.419 e. The van der Waals surface area contributed by atoms with E-state index in [9.17, 15) is 14.4 Å². The van der Waals surface area contributed by atoms with Gasteiger partial charge in [-0.15, -0.1) is 0 Å². The molecule has 1 aromatic carbocycles. The fraction of sp³-hybridized carbons (Fsp3) is 0.100. The maximum absolute atomic E-state index is 12.4. The number of carbonyl (C=O) groups excluding carboxylic acids is 2. The molecule has 4 N–H and O–H groups in total. The number of anilines is 1. The van der Waals surface area contributed by atoms with Gasteiger partial charge in [-0.25, -0.2) is 14.8 Å². The number of nitrogens with two attached hydrogens (primary N) is 1. The third-order valence-corrected chi connectivity index (χ3v) is 5.55. The van der Waals surface area contributed by atoms with Crippen molar-refractivity contribution in [3.8, 4) is 0 Å². The molecule has 0 radical (unpaired) electrons. The van der Waals surface area contributed by atoms with Crippen molar-refractivity contribution in [1.82, 2.24) is 30.0 Å². The average Bonchev–Trinajstić information content (AvgIpc) is 3.54. The van der Waals surface area contributed by atoms with E-state index in [1.54, 1.807) is 36.7 Å². The van der Waals surface area contributed by atoms with E-state index >= 15 is 0 Å². The molecule has 0 bridgehead atoms. The third kappa shape index (κ3) is 4.61. The van der Waals surface area contributed by atoms with E-state index in [1.165, 1.54) is 22.2 Å². The first-order valence-electron chi connectivity index (χ1n) is 9.38. The lowest BCUT2D eigenvalue weighted by atomic mass is 10.2. The molecule has 4 aromatic heterocycles. The van der Waals surface area contributed by atoms with Crippen molar-refractivity contribution in [2.75, 3.05) is 5.73 Å². The van der Waals surface area contributed by atoms with Gasteiger partial charge >= 0.3 is 5.76 Å². The number of H-pyrrole nitrogens is 1. The van der Waals surface area contributed by atoms with Crippen LogP contribution in [-0.2, 0) is 13.6 Å². The van der Waals surface area contributed by atoms with Crippen LogP contribution in [0.25, 0.3) is 22.1 Å². The summed E-state index contributed by atoms with van der Waals surface area (Å²) in [7, 11) is 1.62. The van der Waals surface area contributed by atoms with E-state index < -0.39 is 11.7 Å². The summed E-state index contributed by atoms with van der Waals surface area (Å²) in [5, 5.41) is 12.4. The predicted octanol–water partition coefficient (Wildman–Crippen LogP) is 2.44. The van der Waals surface area contributed by atoms with E-state index in [4.69, 9.17) is 21.8 Å². The summed E-state index contributed by atoms with van der Waals surface area (Å²) in [4.78, 5) is 42.2. The van der Waals surface area contributed by atoms with E-state index in [-0.39, 0.29) is 23.3 Å². The minimum absolute atomic E-state index is 0.158. The van der Waals surface area contributed by atoms with Gasteiger partial charge in [-0.3, -0.25) is 19.3 Å². The zero-order valence-corrected chi connectivity index (χ0v) is 18.6. The molecule has 0 aliphatic heterocycles. The highest BCUT2D eigenvalue weighted by Gasteiger charge is 2.16. The molecule has 5 aromatic rings. The van der Waals surface area contributed by atoms with Gasteiger partial charge in [0.05, 0.1) is 5.52 Å². The largest absolute Gasteiger partial charge is 0.419 e. The predicted molar refractivity (Wildman–Crippen MR) is 123 cm³/mol. The first kappa shape index (κ1) is 22.2. The molecule has 11 nitrogen and oxygen atoms in total. The van der Waals surface area contributed by atoms with Crippen molar-refractivity contribution in [3.05, 3.63) is 68.7 Å². The molecular weight excluding hydrogens is 470 g/mol. The highest BCUT2D eigenvalue weighted by Crippen LogP contribution is 2.17. The lowest BCUT2D eigenvalue weighted by Gasteiger charge is -2.05. The van der Waals surface area contributed by atoms with Crippen molar-refractivity contribution in [2.24, 2.45) is 7.05 Å². The Bertz CT molecular complexity index is 1520. The molecule has 33 heavy (non-hydrogen) atoms. The Morgan fingerprint density at radius 3 is 2.82 bits per heavy atom. The summed E-state index contributed by atoms with van der Waals surface area (Å²) in [6.07, 6.45) is 1.26. The van der Waals surface area contributed by atoms with Gasteiger partial charge < -0.3 is 15.5 Å². The molecule has 0 aliphatic carbocycles. The van der Waals surface area contributed by atoms with Crippen molar-refractivity contribution in [1.29, 1.82) is 0 Å². The molecule has 168 valence electrons. The van der Waals surface area contributed by atoms with Crippen LogP contribution in [0.4, 0.5) is 5.82 Å². The summed E-state index contributed by atoms with van der Waals surface area (Å²) in [6.45, 7) is 0.253. The number of nitrogens with zero attached hydrogens (tertiary/aromatic N) is 4. The lowest BCUT2D eigenvalue weighted by Crippen LogP contribution is -2.24. The third-order valence-electron chi connectivity index (χ3n) is 4.65. The minimum Gasteiger partial charge on any atom is -0.408 e. The summed E-state index contributed by atoms with van der Waals surface area (Å²) < 4.78 is 6.48. The van der Waals surface area contributed by atoms with Crippen LogP contribution >= 0.6 is 22.9 Å². The number of nitrogen functional groups attached to an aromatic ring is 1. The number of rotatable bonds is 4. The molecule has 0 unspecified atom stereocenters. The smallest absolute Gasteiger partial charge is 0.408 e. The highest BCUT2D eigenvalue weighted by molar-refractivity contribution is 7.08. The van der Waals surface area contributed by atoms with E-state index in [1.807, 2.05) is 5.38 Å². The summed E-state index contributed by atoms with van der Waals surface area (Å²) in [5.41, 5.74) is 9.16. The number of thiophene rings is 1. The molecule has 1 amide bonds. The summed E-state index contributed by atoms with van der Waals surface area (Å²) >= 11 is 6.57. The van der Waals surface area contributed by atoms with Crippen LogP contribution in [-0.4, -0.2) is 35.9 Å². The number of hydrogen-bond acceptors (Lipinski definition) is 9. The minimum atomic E-state index is -0.434. The number of oxazole rings is 1. The Balaban J connectivity index is 0.000000275. The number of halogens is 1. The zero-order valence-electron chi connectivity index (χ0n) is 17.0. The first-order valence-corrected chi connectivity index (χ1v) is 10.7. The molecule has 0 atom stereocenters. The number of amides is 1. The van der Waals surface area contributed by atoms with Crippen LogP contribution in [0, 0.1) is 0 Å². The fourth-order valence-corrected chi connectivity index (χ4v) is 3.77. The maximum atomic E-state index is 12.4. The topological polar surface area (TPSA) is 162 Å². The Hall–Kier alpha value is -4.03. The molecule has 0 fully saturated rings. The van der Waals surface area contributed by atoms with Gasteiger partial charge in [-0.2, -0.15) is 16.4 Å². The number of aryl methyl sites for hydroxylation is 1.